The lowest BCUT2D eigenvalue weighted by molar-refractivity contribution is -0.141. The average molecular weight is 902 g/mol. The molecule has 24 nitrogen and oxygen atoms in total. The molecule has 6 atom stereocenters. The maximum Gasteiger partial charge on any atom is 0.312 e. The predicted octanol–water partition coefficient (Wildman–Crippen LogP) is -4.80. The van der Waals surface area contributed by atoms with Gasteiger partial charge < -0.3 is 75.1 Å². The summed E-state index contributed by atoms with van der Waals surface area (Å²) in [7, 11) is 0. The van der Waals surface area contributed by atoms with Crippen LogP contribution in [0.15, 0.2) is 42.5 Å². The van der Waals surface area contributed by atoms with Crippen LogP contribution in [0, 0.1) is 5.92 Å². The Morgan fingerprint density at radius 1 is 0.625 bits per heavy atom. The van der Waals surface area contributed by atoms with Crippen LogP contribution in [0.3, 0.4) is 0 Å². The zero-order valence-electron chi connectivity index (χ0n) is 35.5. The first-order valence-corrected chi connectivity index (χ1v) is 20.3. The largest absolute Gasteiger partial charge is 0.481 e. The number of carboxylic acid groups (broad SMARTS) is 1. The van der Waals surface area contributed by atoms with Crippen molar-refractivity contribution in [2.45, 2.75) is 88.6 Å². The zero-order valence-corrected chi connectivity index (χ0v) is 35.5. The van der Waals surface area contributed by atoms with Gasteiger partial charge in [0.2, 0.25) is 47.3 Å². The number of carbonyl (C=O) groups is 10. The number of amides is 10. The van der Waals surface area contributed by atoms with Crippen LogP contribution in [0.4, 0.5) is 4.79 Å². The first-order valence-electron chi connectivity index (χ1n) is 20.3. The van der Waals surface area contributed by atoms with E-state index in [1.54, 1.807) is 50.2 Å². The number of aliphatic hydroxyl groups is 2. The molecule has 6 unspecified atom stereocenters. The molecule has 0 aliphatic carbocycles. The average Bonchev–Trinajstić information content (AvgIpc) is 3.23. The van der Waals surface area contributed by atoms with E-state index in [1.807, 2.05) is 6.07 Å². The number of carboxylic acids is 1. The molecule has 0 aliphatic heterocycles. The summed E-state index contributed by atoms with van der Waals surface area (Å²) in [5.41, 5.74) is 16.8. The highest BCUT2D eigenvalue weighted by molar-refractivity contribution is 5.99. The van der Waals surface area contributed by atoms with E-state index in [0.29, 0.717) is 12.0 Å². The van der Waals surface area contributed by atoms with Crippen molar-refractivity contribution in [2.75, 3.05) is 32.8 Å². The monoisotopic (exact) mass is 901 g/mol. The van der Waals surface area contributed by atoms with Gasteiger partial charge in [-0.1, -0.05) is 56.3 Å². The Labute approximate surface area is 367 Å². The number of hydrogen-bond acceptors (Lipinski definition) is 13. The lowest BCUT2D eigenvalue weighted by atomic mass is 10.00. The van der Waals surface area contributed by atoms with Gasteiger partial charge in [0, 0.05) is 26.1 Å². The van der Waals surface area contributed by atoms with Gasteiger partial charge in [-0.05, 0) is 41.5 Å². The van der Waals surface area contributed by atoms with Crippen LogP contribution in [0.25, 0.3) is 10.8 Å². The second-order valence-electron chi connectivity index (χ2n) is 15.0. The zero-order chi connectivity index (χ0) is 47.9. The van der Waals surface area contributed by atoms with E-state index >= 15 is 0 Å². The number of nitrogens with one attached hydrogen (secondary N) is 8. The summed E-state index contributed by atoms with van der Waals surface area (Å²) in [5, 5.41) is 48.9. The first kappa shape index (κ1) is 53.2. The summed E-state index contributed by atoms with van der Waals surface area (Å²) in [6.45, 7) is 1.75. The van der Waals surface area contributed by atoms with E-state index in [1.165, 1.54) is 0 Å². The summed E-state index contributed by atoms with van der Waals surface area (Å²) >= 11 is 0. The van der Waals surface area contributed by atoms with Gasteiger partial charge in [-0.2, -0.15) is 0 Å². The predicted molar refractivity (Wildman–Crippen MR) is 228 cm³/mol. The topological polar surface area (TPSA) is 406 Å². The third kappa shape index (κ3) is 19.0. The summed E-state index contributed by atoms with van der Waals surface area (Å²) in [6.07, 6.45) is -1.58. The highest BCUT2D eigenvalue weighted by Gasteiger charge is 2.34. The van der Waals surface area contributed by atoms with Crippen molar-refractivity contribution >= 4 is 70.0 Å². The lowest BCUT2D eigenvalue weighted by Gasteiger charge is -2.27. The third-order valence-electron chi connectivity index (χ3n) is 9.41. The number of hydrogen-bond donors (Lipinski definition) is 14. The molecule has 0 heterocycles. The van der Waals surface area contributed by atoms with Crippen molar-refractivity contribution in [1.29, 1.82) is 0 Å². The number of benzene rings is 2. The molecule has 2 aromatic rings. The number of carbonyl (C=O) groups excluding carboxylic acids is 9. The molecule has 0 aromatic heterocycles. The number of rotatable bonds is 28. The minimum Gasteiger partial charge on any atom is -0.481 e. The van der Waals surface area contributed by atoms with Crippen molar-refractivity contribution in [3.05, 3.63) is 48.0 Å². The second-order valence-corrected chi connectivity index (χ2v) is 15.0. The van der Waals surface area contributed by atoms with E-state index in [4.69, 9.17) is 22.3 Å². The molecule has 17 N–H and O–H groups in total. The highest BCUT2D eigenvalue weighted by Crippen LogP contribution is 2.17. The first-order chi connectivity index (χ1) is 30.2. The van der Waals surface area contributed by atoms with Crippen LogP contribution in [-0.4, -0.2) is 144 Å². The number of fused-ring (bicyclic) bond motifs is 1. The fourth-order valence-corrected chi connectivity index (χ4v) is 6.00. The number of aliphatic carboxylic acids is 1. The maximum atomic E-state index is 14.0. The van der Waals surface area contributed by atoms with Crippen LogP contribution in [-0.2, 0) is 49.6 Å². The van der Waals surface area contributed by atoms with Crippen molar-refractivity contribution in [1.82, 2.24) is 42.5 Å². The molecule has 352 valence electrons. The Hall–Kier alpha value is -6.92. The molecule has 0 bridgehead atoms. The van der Waals surface area contributed by atoms with Gasteiger partial charge in [-0.3, -0.25) is 43.2 Å². The number of aliphatic hydroxyl groups excluding tert-OH is 2. The Morgan fingerprint density at radius 2 is 1.19 bits per heavy atom. The van der Waals surface area contributed by atoms with Gasteiger partial charge in [-0.15, -0.1) is 0 Å². The Morgan fingerprint density at radius 3 is 1.78 bits per heavy atom. The van der Waals surface area contributed by atoms with Gasteiger partial charge in [0.15, 0.2) is 0 Å². The highest BCUT2D eigenvalue weighted by atomic mass is 16.4. The molecule has 0 spiro atoms. The van der Waals surface area contributed by atoms with Gasteiger partial charge in [0.25, 0.3) is 0 Å². The lowest BCUT2D eigenvalue weighted by Crippen LogP contribution is -2.61. The molecule has 2 rings (SSSR count). The fourth-order valence-electron chi connectivity index (χ4n) is 6.00. The molecular formula is C40H59N11O13. The van der Waals surface area contributed by atoms with Crippen LogP contribution in [0.1, 0.15) is 51.5 Å². The van der Waals surface area contributed by atoms with Crippen LogP contribution >= 0.6 is 0 Å². The molecule has 0 saturated heterocycles. The molecule has 0 aliphatic rings. The van der Waals surface area contributed by atoms with E-state index in [2.05, 4.69) is 42.5 Å². The quantitative estimate of drug-likeness (QED) is 0.0357. The molecule has 2 aromatic carbocycles. The van der Waals surface area contributed by atoms with Gasteiger partial charge in [-0.25, -0.2) is 4.79 Å². The number of urea groups is 1. The van der Waals surface area contributed by atoms with E-state index in [9.17, 15) is 58.2 Å². The van der Waals surface area contributed by atoms with Crippen LogP contribution < -0.4 is 59.7 Å². The van der Waals surface area contributed by atoms with Crippen LogP contribution in [0.2, 0.25) is 0 Å². The minimum atomic E-state index is -1.83. The molecule has 64 heavy (non-hydrogen) atoms. The molecule has 24 heteroatoms. The van der Waals surface area contributed by atoms with E-state index in [0.717, 1.165) is 10.8 Å². The van der Waals surface area contributed by atoms with Crippen molar-refractivity contribution in [3.8, 4) is 0 Å². The van der Waals surface area contributed by atoms with Gasteiger partial charge >= 0.3 is 12.0 Å². The SMILES string of the molecule is CC(C)C(NC(=O)C(CO)NC(=O)C(CC(N)=O)NC(=O)C(Cc1ccc2ccccc2c1)NC(=O)C(CC(=O)O)NC(=O)C(N)CCCNC(N)=O)C(=O)NCC(=O)NCCCO. The van der Waals surface area contributed by atoms with Crippen LogP contribution in [0.5, 0.6) is 0 Å². The summed E-state index contributed by atoms with van der Waals surface area (Å²) < 4.78 is 0. The second kappa shape index (κ2) is 27.2. The Kier molecular flexibility index (Phi) is 22.6. The number of nitrogens with two attached hydrogens (primary N) is 3. The Balaban J connectivity index is 2.34. The maximum absolute atomic E-state index is 14.0. The van der Waals surface area contributed by atoms with Gasteiger partial charge in [0.05, 0.1) is 32.0 Å². The number of primary amides is 2. The van der Waals surface area contributed by atoms with Crippen molar-refractivity contribution in [2.24, 2.45) is 23.1 Å². The fraction of sp³-hybridized carbons (Fsp3) is 0.500. The summed E-state index contributed by atoms with van der Waals surface area (Å²) in [5.74, 6) is -9.91. The normalized spacial score (nSPS) is 13.7. The summed E-state index contributed by atoms with van der Waals surface area (Å²) in [4.78, 5) is 127. The molecular weight excluding hydrogens is 843 g/mol. The molecule has 0 radical (unpaired) electrons. The molecule has 0 saturated carbocycles. The van der Waals surface area contributed by atoms with Crippen molar-refractivity contribution in [3.63, 3.8) is 0 Å². The summed E-state index contributed by atoms with van der Waals surface area (Å²) in [6, 6.07) is 2.01. The third-order valence-corrected chi connectivity index (χ3v) is 9.41. The smallest absolute Gasteiger partial charge is 0.312 e. The molecule has 10 amide bonds. The minimum absolute atomic E-state index is 0.00361. The standard InChI is InChI=1S/C40H59N11O13/c1-21(2)33(39(63)46-19-31(55)44-13-6-14-52)51-38(62)29(20-53)50-36(60)27(17-30(42)54)49-35(59)26(16-22-10-11-23-7-3-4-8-24(23)15-22)48-37(61)28(18-32(56)57)47-34(58)25(41)9-5-12-45-40(43)64/h3-4,7-8,10-11,15,21,25-29,33,52-53H,5-6,9,12-14,16-20,41H2,1-2H3,(H2,42,54)(H,44,55)(H,46,63)(H,47,58)(H,48,61)(H,49,59)(H,50,60)(H,51,62)(H,56,57)(H3,43,45,64). The van der Waals surface area contributed by atoms with Crippen molar-refractivity contribution < 1.29 is 63.3 Å². The molecule has 0 fully saturated rings. The van der Waals surface area contributed by atoms with E-state index in [-0.39, 0.29) is 39.0 Å². The Bertz CT molecular complexity index is 1980. The van der Waals surface area contributed by atoms with E-state index < -0.39 is 127 Å². The van der Waals surface area contributed by atoms with Gasteiger partial charge in [0.1, 0.15) is 30.2 Å².